The van der Waals surface area contributed by atoms with Crippen LogP contribution in [0.3, 0.4) is 0 Å². The van der Waals surface area contributed by atoms with E-state index in [9.17, 15) is 0 Å². The number of hydrogen-bond acceptors (Lipinski definition) is 4. The molecule has 0 fully saturated rings. The van der Waals surface area contributed by atoms with E-state index in [1.165, 1.54) is 0 Å². The molecule has 1 atom stereocenters. The van der Waals surface area contributed by atoms with Crippen molar-refractivity contribution < 1.29 is 4.74 Å². The molecule has 4 heteroatoms. The fraction of sp³-hybridized carbons (Fsp3) is 0.111. The summed E-state index contributed by atoms with van der Waals surface area (Å²) in [5, 5.41) is 0. The Morgan fingerprint density at radius 2 is 1.65 bits per heavy atom. The van der Waals surface area contributed by atoms with Gasteiger partial charge in [-0.2, -0.15) is 0 Å². The first kappa shape index (κ1) is 19.1. The lowest BCUT2D eigenvalue weighted by atomic mass is 9.76. The zero-order chi connectivity index (χ0) is 21.4. The summed E-state index contributed by atoms with van der Waals surface area (Å²) in [6, 6.07) is 26.9. The van der Waals surface area contributed by atoms with E-state index < -0.39 is 5.54 Å². The zero-order valence-corrected chi connectivity index (χ0v) is 17.5. The van der Waals surface area contributed by atoms with Crippen LogP contribution in [0.2, 0.25) is 0 Å². The van der Waals surface area contributed by atoms with Gasteiger partial charge in [0.05, 0.1) is 7.11 Å². The number of rotatable bonds is 4. The minimum atomic E-state index is -0.726. The molecule has 0 saturated carbocycles. The molecular formula is C27H23N3O. The summed E-state index contributed by atoms with van der Waals surface area (Å²) in [6.07, 6.45) is 3.66. The average Bonchev–Trinajstić information content (AvgIpc) is 3.13. The van der Waals surface area contributed by atoms with Crippen LogP contribution < -0.4 is 10.5 Å². The predicted molar refractivity (Wildman–Crippen MR) is 124 cm³/mol. The second-order valence-corrected chi connectivity index (χ2v) is 7.76. The number of fused-ring (bicyclic) bond motifs is 1. The summed E-state index contributed by atoms with van der Waals surface area (Å²) in [5.41, 5.74) is 13.1. The second-order valence-electron chi connectivity index (χ2n) is 7.76. The lowest BCUT2D eigenvalue weighted by Crippen LogP contribution is -2.25. The molecule has 2 N–H and O–H groups in total. The van der Waals surface area contributed by atoms with E-state index >= 15 is 0 Å². The molecule has 5 rings (SSSR count). The van der Waals surface area contributed by atoms with E-state index in [2.05, 4.69) is 60.4 Å². The number of aromatic nitrogens is 1. The summed E-state index contributed by atoms with van der Waals surface area (Å²) in [6.45, 7) is 2.05. The van der Waals surface area contributed by atoms with Crippen molar-refractivity contribution >= 4 is 5.84 Å². The average molecular weight is 406 g/mol. The quantitative estimate of drug-likeness (QED) is 0.515. The van der Waals surface area contributed by atoms with Gasteiger partial charge in [0.25, 0.3) is 0 Å². The molecule has 3 aromatic carbocycles. The molecule has 1 aliphatic rings. The Morgan fingerprint density at radius 3 is 2.42 bits per heavy atom. The molecule has 31 heavy (non-hydrogen) atoms. The monoisotopic (exact) mass is 405 g/mol. The van der Waals surface area contributed by atoms with Gasteiger partial charge in [0.2, 0.25) is 0 Å². The molecule has 0 saturated heterocycles. The van der Waals surface area contributed by atoms with Crippen LogP contribution in [0.4, 0.5) is 0 Å². The SMILES string of the molecule is COc1ccc(C2(c3cccc(-c4cccnc4)c3)N=C(N)c3ccccc32)cc1C. The molecule has 4 aromatic rings. The number of amidine groups is 1. The molecule has 2 heterocycles. The van der Waals surface area contributed by atoms with Crippen molar-refractivity contribution in [3.05, 3.63) is 119 Å². The first-order valence-corrected chi connectivity index (χ1v) is 10.2. The van der Waals surface area contributed by atoms with Crippen LogP contribution in [0.5, 0.6) is 5.75 Å². The maximum absolute atomic E-state index is 6.46. The fourth-order valence-electron chi connectivity index (χ4n) is 4.49. The third-order valence-electron chi connectivity index (χ3n) is 5.97. The van der Waals surface area contributed by atoms with Crippen LogP contribution in [-0.4, -0.2) is 17.9 Å². The highest BCUT2D eigenvalue weighted by Gasteiger charge is 2.43. The minimum absolute atomic E-state index is 0.552. The Balaban J connectivity index is 1.79. The second kappa shape index (κ2) is 7.40. The maximum atomic E-state index is 6.46. The topological polar surface area (TPSA) is 60.5 Å². The number of hydrogen-bond donors (Lipinski definition) is 1. The number of aryl methyl sites for hydroxylation is 1. The van der Waals surface area contributed by atoms with Gasteiger partial charge in [0.1, 0.15) is 17.1 Å². The van der Waals surface area contributed by atoms with Gasteiger partial charge in [0.15, 0.2) is 0 Å². The van der Waals surface area contributed by atoms with Crippen LogP contribution in [-0.2, 0) is 5.54 Å². The summed E-state index contributed by atoms with van der Waals surface area (Å²) < 4.78 is 5.50. The molecule has 0 amide bonds. The summed E-state index contributed by atoms with van der Waals surface area (Å²) >= 11 is 0. The van der Waals surface area contributed by atoms with E-state index in [1.54, 1.807) is 13.3 Å². The summed E-state index contributed by atoms with van der Waals surface area (Å²) in [7, 11) is 1.69. The number of methoxy groups -OCH3 is 1. The molecule has 1 unspecified atom stereocenters. The smallest absolute Gasteiger partial charge is 0.139 e. The highest BCUT2D eigenvalue weighted by molar-refractivity contribution is 6.03. The third kappa shape index (κ3) is 2.99. The molecular weight excluding hydrogens is 382 g/mol. The number of pyridine rings is 1. The van der Waals surface area contributed by atoms with Crippen molar-refractivity contribution in [2.75, 3.05) is 7.11 Å². The molecule has 0 aliphatic carbocycles. The highest BCUT2D eigenvalue weighted by Crippen LogP contribution is 2.47. The highest BCUT2D eigenvalue weighted by atomic mass is 16.5. The van der Waals surface area contributed by atoms with Gasteiger partial charge in [0, 0.05) is 18.0 Å². The normalized spacial score (nSPS) is 17.2. The number of nitrogens with zero attached hydrogens (tertiary/aromatic N) is 2. The Labute approximate surface area is 182 Å². The van der Waals surface area contributed by atoms with Crippen LogP contribution in [0.15, 0.2) is 96.2 Å². The summed E-state index contributed by atoms with van der Waals surface area (Å²) in [5.74, 6) is 1.40. The van der Waals surface area contributed by atoms with E-state index in [1.807, 2.05) is 36.5 Å². The van der Waals surface area contributed by atoms with Gasteiger partial charge >= 0.3 is 0 Å². The third-order valence-corrected chi connectivity index (χ3v) is 5.97. The van der Waals surface area contributed by atoms with Crippen molar-refractivity contribution in [3.8, 4) is 16.9 Å². The Bertz CT molecular complexity index is 1300. The molecule has 1 aromatic heterocycles. The standard InChI is InChI=1S/C27H23N3O/c1-18-15-22(12-13-25(18)31-2)27(24-11-4-3-10-23(24)26(28)30-27)21-9-5-7-19(16-21)20-8-6-14-29-17-20/h3-17H,1-2H3,(H2,28,30). The maximum Gasteiger partial charge on any atom is 0.139 e. The molecule has 1 aliphatic heterocycles. The molecule has 0 radical (unpaired) electrons. The minimum Gasteiger partial charge on any atom is -0.496 e. The van der Waals surface area contributed by atoms with Crippen molar-refractivity contribution in [1.82, 2.24) is 4.98 Å². The van der Waals surface area contributed by atoms with Gasteiger partial charge in [-0.25, -0.2) is 4.99 Å². The zero-order valence-electron chi connectivity index (χ0n) is 17.5. The van der Waals surface area contributed by atoms with E-state index in [0.29, 0.717) is 5.84 Å². The first-order valence-electron chi connectivity index (χ1n) is 10.2. The number of ether oxygens (including phenoxy) is 1. The lowest BCUT2D eigenvalue weighted by Gasteiger charge is -2.30. The van der Waals surface area contributed by atoms with Crippen LogP contribution in [0, 0.1) is 6.92 Å². The van der Waals surface area contributed by atoms with Gasteiger partial charge in [-0.05, 0) is 64.6 Å². The van der Waals surface area contributed by atoms with Crippen molar-refractivity contribution in [1.29, 1.82) is 0 Å². The van der Waals surface area contributed by atoms with E-state index in [0.717, 1.165) is 44.7 Å². The van der Waals surface area contributed by atoms with E-state index in [-0.39, 0.29) is 0 Å². The number of benzene rings is 3. The number of aliphatic imine (C=N–C) groups is 1. The molecule has 152 valence electrons. The van der Waals surface area contributed by atoms with E-state index in [4.69, 9.17) is 15.5 Å². The first-order chi connectivity index (χ1) is 15.1. The van der Waals surface area contributed by atoms with Crippen molar-refractivity contribution in [3.63, 3.8) is 0 Å². The Morgan fingerprint density at radius 1 is 0.839 bits per heavy atom. The largest absolute Gasteiger partial charge is 0.496 e. The van der Waals surface area contributed by atoms with Crippen LogP contribution in [0.1, 0.15) is 27.8 Å². The Kier molecular flexibility index (Phi) is 4.55. The van der Waals surface area contributed by atoms with Gasteiger partial charge < -0.3 is 10.5 Å². The van der Waals surface area contributed by atoms with Crippen LogP contribution in [0.25, 0.3) is 11.1 Å². The summed E-state index contributed by atoms with van der Waals surface area (Å²) in [4.78, 5) is 9.38. The fourth-order valence-corrected chi connectivity index (χ4v) is 4.49. The van der Waals surface area contributed by atoms with Crippen molar-refractivity contribution in [2.24, 2.45) is 10.7 Å². The van der Waals surface area contributed by atoms with Gasteiger partial charge in [-0.3, -0.25) is 4.98 Å². The number of nitrogens with two attached hydrogens (primary N) is 1. The Hall–Kier alpha value is -3.92. The van der Waals surface area contributed by atoms with Gasteiger partial charge in [-0.1, -0.05) is 54.6 Å². The van der Waals surface area contributed by atoms with Crippen molar-refractivity contribution in [2.45, 2.75) is 12.5 Å². The predicted octanol–water partition coefficient (Wildman–Crippen LogP) is 5.08. The van der Waals surface area contributed by atoms with Crippen LogP contribution >= 0.6 is 0 Å². The molecule has 0 bridgehead atoms. The molecule has 0 spiro atoms. The van der Waals surface area contributed by atoms with Gasteiger partial charge in [-0.15, -0.1) is 0 Å². The lowest BCUT2D eigenvalue weighted by molar-refractivity contribution is 0.411. The molecule has 4 nitrogen and oxygen atoms in total.